The summed E-state index contributed by atoms with van der Waals surface area (Å²) in [7, 11) is 0. The molecule has 4 heteroatoms. The molecule has 0 saturated carbocycles. The van der Waals surface area contributed by atoms with Gasteiger partial charge in [0.2, 0.25) is 0 Å². The van der Waals surface area contributed by atoms with Crippen LogP contribution in [0.4, 0.5) is 0 Å². The fourth-order valence-corrected chi connectivity index (χ4v) is 3.35. The van der Waals surface area contributed by atoms with E-state index in [4.69, 9.17) is 4.74 Å². The van der Waals surface area contributed by atoms with Crippen LogP contribution in [0.15, 0.2) is 5.38 Å². The van der Waals surface area contributed by atoms with Crippen LogP contribution < -0.4 is 5.32 Å². The van der Waals surface area contributed by atoms with Crippen molar-refractivity contribution in [2.24, 2.45) is 5.92 Å². The molecule has 1 atom stereocenters. The molecule has 1 aliphatic rings. The van der Waals surface area contributed by atoms with Gasteiger partial charge >= 0.3 is 0 Å². The van der Waals surface area contributed by atoms with Crippen molar-refractivity contribution in [2.45, 2.75) is 52.0 Å². The number of aryl methyl sites for hydroxylation is 1. The van der Waals surface area contributed by atoms with E-state index in [-0.39, 0.29) is 0 Å². The molecule has 0 aromatic carbocycles. The lowest BCUT2D eigenvalue weighted by Gasteiger charge is -2.27. The van der Waals surface area contributed by atoms with Crippen LogP contribution in [0.25, 0.3) is 0 Å². The number of rotatable bonds is 7. The molecule has 0 spiro atoms. The third-order valence-electron chi connectivity index (χ3n) is 3.76. The minimum absolute atomic E-state index is 0.574. The summed E-state index contributed by atoms with van der Waals surface area (Å²) in [4.78, 5) is 4.61. The van der Waals surface area contributed by atoms with E-state index >= 15 is 0 Å². The largest absolute Gasteiger partial charge is 0.381 e. The molecule has 0 aliphatic carbocycles. The molecule has 0 bridgehead atoms. The molecule has 1 fully saturated rings. The highest BCUT2D eigenvalue weighted by Gasteiger charge is 2.19. The van der Waals surface area contributed by atoms with E-state index in [2.05, 4.69) is 29.5 Å². The highest BCUT2D eigenvalue weighted by Crippen LogP contribution is 2.22. The molecule has 0 radical (unpaired) electrons. The summed E-state index contributed by atoms with van der Waals surface area (Å²) in [5.74, 6) is 0.822. The van der Waals surface area contributed by atoms with Crippen LogP contribution in [-0.2, 0) is 11.2 Å². The van der Waals surface area contributed by atoms with Gasteiger partial charge in [-0.1, -0.05) is 6.92 Å². The van der Waals surface area contributed by atoms with Crippen LogP contribution in [0.5, 0.6) is 0 Å². The number of aromatic nitrogens is 1. The number of ether oxygens (including phenoxy) is 1. The van der Waals surface area contributed by atoms with E-state index in [1.807, 2.05) is 0 Å². The number of nitrogens with one attached hydrogen (secondary N) is 1. The Morgan fingerprint density at radius 3 is 2.89 bits per heavy atom. The zero-order valence-electron chi connectivity index (χ0n) is 12.2. The average Bonchev–Trinajstić information content (AvgIpc) is 2.82. The van der Waals surface area contributed by atoms with Crippen molar-refractivity contribution in [3.05, 3.63) is 16.1 Å². The van der Waals surface area contributed by atoms with Crippen LogP contribution in [0.1, 0.15) is 43.3 Å². The standard InChI is InChI=1S/C15H26N2OS/c1-3-6-16-14(9-13-4-7-18-8-5-13)10-15-11-19-12(2)17-15/h11,13-14,16H,3-10H2,1-2H3. The van der Waals surface area contributed by atoms with E-state index in [9.17, 15) is 0 Å². The van der Waals surface area contributed by atoms with Gasteiger partial charge in [0, 0.05) is 31.1 Å². The molecule has 1 N–H and O–H groups in total. The van der Waals surface area contributed by atoms with Gasteiger partial charge in [-0.05, 0) is 45.1 Å². The van der Waals surface area contributed by atoms with Crippen LogP contribution >= 0.6 is 11.3 Å². The molecule has 1 aromatic heterocycles. The summed E-state index contributed by atoms with van der Waals surface area (Å²) in [5.41, 5.74) is 1.25. The lowest BCUT2D eigenvalue weighted by molar-refractivity contribution is 0.0605. The maximum absolute atomic E-state index is 5.45. The lowest BCUT2D eigenvalue weighted by atomic mass is 9.91. The lowest BCUT2D eigenvalue weighted by Crippen LogP contribution is -2.35. The summed E-state index contributed by atoms with van der Waals surface area (Å²) in [6.45, 7) is 7.31. The molecular weight excluding hydrogens is 256 g/mol. The summed E-state index contributed by atoms with van der Waals surface area (Å²) in [6.07, 6.45) is 5.97. The first-order valence-electron chi connectivity index (χ1n) is 7.50. The van der Waals surface area contributed by atoms with Crippen LogP contribution in [0.2, 0.25) is 0 Å². The van der Waals surface area contributed by atoms with Crippen molar-refractivity contribution in [1.29, 1.82) is 0 Å². The second-order valence-electron chi connectivity index (χ2n) is 5.50. The molecule has 0 amide bonds. The monoisotopic (exact) mass is 282 g/mol. The molecular formula is C15H26N2OS. The third-order valence-corrected chi connectivity index (χ3v) is 4.59. The Kier molecular flexibility index (Phi) is 6.28. The molecule has 1 saturated heterocycles. The highest BCUT2D eigenvalue weighted by atomic mass is 32.1. The van der Waals surface area contributed by atoms with E-state index in [1.54, 1.807) is 11.3 Å². The average molecular weight is 282 g/mol. The highest BCUT2D eigenvalue weighted by molar-refractivity contribution is 7.09. The summed E-state index contributed by atoms with van der Waals surface area (Å²) < 4.78 is 5.45. The van der Waals surface area contributed by atoms with E-state index in [0.717, 1.165) is 32.1 Å². The van der Waals surface area contributed by atoms with Crippen molar-refractivity contribution in [2.75, 3.05) is 19.8 Å². The van der Waals surface area contributed by atoms with Gasteiger partial charge in [-0.25, -0.2) is 4.98 Å². The number of nitrogens with zero attached hydrogens (tertiary/aromatic N) is 1. The Morgan fingerprint density at radius 1 is 1.47 bits per heavy atom. The second kappa shape index (κ2) is 7.98. The van der Waals surface area contributed by atoms with Gasteiger partial charge in [-0.2, -0.15) is 0 Å². The molecule has 1 aromatic rings. The van der Waals surface area contributed by atoms with Crippen molar-refractivity contribution < 1.29 is 4.74 Å². The Morgan fingerprint density at radius 2 is 2.26 bits per heavy atom. The number of thiazole rings is 1. The van der Waals surface area contributed by atoms with Crippen molar-refractivity contribution >= 4 is 11.3 Å². The first-order chi connectivity index (χ1) is 9.28. The van der Waals surface area contributed by atoms with Gasteiger partial charge in [-0.3, -0.25) is 0 Å². The van der Waals surface area contributed by atoms with E-state index in [1.165, 1.54) is 36.4 Å². The maximum atomic E-state index is 5.45. The van der Waals surface area contributed by atoms with Gasteiger partial charge in [-0.15, -0.1) is 11.3 Å². The van der Waals surface area contributed by atoms with Crippen LogP contribution in [0.3, 0.4) is 0 Å². The molecule has 1 unspecified atom stereocenters. The Balaban J connectivity index is 1.86. The van der Waals surface area contributed by atoms with Crippen molar-refractivity contribution in [3.8, 4) is 0 Å². The molecule has 19 heavy (non-hydrogen) atoms. The van der Waals surface area contributed by atoms with Gasteiger partial charge in [0.15, 0.2) is 0 Å². The predicted molar refractivity (Wildman–Crippen MR) is 80.8 cm³/mol. The normalized spacial score (nSPS) is 18.6. The predicted octanol–water partition coefficient (Wildman–Crippen LogP) is 3.18. The van der Waals surface area contributed by atoms with Gasteiger partial charge in [0.25, 0.3) is 0 Å². The molecule has 3 nitrogen and oxygen atoms in total. The van der Waals surface area contributed by atoms with Gasteiger partial charge in [0.05, 0.1) is 10.7 Å². The zero-order chi connectivity index (χ0) is 13.5. The molecule has 2 heterocycles. The molecule has 1 aliphatic heterocycles. The van der Waals surface area contributed by atoms with Crippen molar-refractivity contribution in [1.82, 2.24) is 10.3 Å². The summed E-state index contributed by atoms with van der Waals surface area (Å²) in [5, 5.41) is 7.08. The fourth-order valence-electron chi connectivity index (χ4n) is 2.73. The van der Waals surface area contributed by atoms with Crippen LogP contribution in [-0.4, -0.2) is 30.8 Å². The first-order valence-corrected chi connectivity index (χ1v) is 8.38. The first kappa shape index (κ1) is 14.9. The summed E-state index contributed by atoms with van der Waals surface area (Å²) >= 11 is 1.76. The molecule has 108 valence electrons. The minimum atomic E-state index is 0.574. The second-order valence-corrected chi connectivity index (χ2v) is 6.57. The number of hydrogen-bond acceptors (Lipinski definition) is 4. The Labute approximate surface area is 120 Å². The summed E-state index contributed by atoms with van der Waals surface area (Å²) in [6, 6.07) is 0.574. The third kappa shape index (κ3) is 5.21. The maximum Gasteiger partial charge on any atom is 0.0897 e. The van der Waals surface area contributed by atoms with E-state index in [0.29, 0.717) is 6.04 Å². The smallest absolute Gasteiger partial charge is 0.0897 e. The zero-order valence-corrected chi connectivity index (χ0v) is 13.0. The minimum Gasteiger partial charge on any atom is -0.381 e. The van der Waals surface area contributed by atoms with E-state index < -0.39 is 0 Å². The Hall–Kier alpha value is -0.450. The number of hydrogen-bond donors (Lipinski definition) is 1. The fraction of sp³-hybridized carbons (Fsp3) is 0.800. The molecule has 2 rings (SSSR count). The van der Waals surface area contributed by atoms with Crippen molar-refractivity contribution in [3.63, 3.8) is 0 Å². The SMILES string of the molecule is CCCNC(Cc1csc(C)n1)CC1CCOCC1. The Bertz CT molecular complexity index is 361. The quantitative estimate of drug-likeness (QED) is 0.834. The van der Waals surface area contributed by atoms with Gasteiger partial charge in [0.1, 0.15) is 0 Å². The topological polar surface area (TPSA) is 34.2 Å². The van der Waals surface area contributed by atoms with Crippen LogP contribution in [0, 0.1) is 12.8 Å². The van der Waals surface area contributed by atoms with Gasteiger partial charge < -0.3 is 10.1 Å².